The highest BCUT2D eigenvalue weighted by molar-refractivity contribution is 5.41. The molecule has 0 radical (unpaired) electrons. The third-order valence-electron chi connectivity index (χ3n) is 3.65. The number of hydrogen-bond donors (Lipinski definition) is 0. The van der Waals surface area contributed by atoms with Crippen molar-refractivity contribution >= 4 is 0 Å². The van der Waals surface area contributed by atoms with Gasteiger partial charge in [0, 0.05) is 19.1 Å². The summed E-state index contributed by atoms with van der Waals surface area (Å²) in [5, 5.41) is 0. The lowest BCUT2D eigenvalue weighted by Gasteiger charge is -2.33. The number of fused-ring (bicyclic) bond motifs is 1. The standard InChI is InChI=1S/C14H18F3N/c1-9(2)18-5-4-13-10(3)6-12(14(15,16)17)7-11(13)8-18/h6-7,9H,4-5,8H2,1-3H3. The molecule has 0 atom stereocenters. The quantitative estimate of drug-likeness (QED) is 0.740. The lowest BCUT2D eigenvalue weighted by Crippen LogP contribution is -2.36. The van der Waals surface area contributed by atoms with Crippen LogP contribution in [0.25, 0.3) is 0 Å². The summed E-state index contributed by atoms with van der Waals surface area (Å²) in [5.74, 6) is 0. The van der Waals surface area contributed by atoms with Crippen LogP contribution >= 0.6 is 0 Å². The number of hydrogen-bond acceptors (Lipinski definition) is 1. The summed E-state index contributed by atoms with van der Waals surface area (Å²) in [6.07, 6.45) is -3.41. The highest BCUT2D eigenvalue weighted by Gasteiger charge is 2.32. The molecule has 0 N–H and O–H groups in total. The van der Waals surface area contributed by atoms with Crippen molar-refractivity contribution < 1.29 is 13.2 Å². The molecule has 4 heteroatoms. The van der Waals surface area contributed by atoms with Gasteiger partial charge in [0.15, 0.2) is 0 Å². The zero-order chi connectivity index (χ0) is 13.5. The first-order valence-electron chi connectivity index (χ1n) is 6.22. The summed E-state index contributed by atoms with van der Waals surface area (Å²) in [5.41, 5.74) is 2.18. The molecule has 0 unspecified atom stereocenters. The van der Waals surface area contributed by atoms with Crippen molar-refractivity contribution in [2.75, 3.05) is 6.54 Å². The van der Waals surface area contributed by atoms with E-state index >= 15 is 0 Å². The van der Waals surface area contributed by atoms with E-state index in [2.05, 4.69) is 18.7 Å². The van der Waals surface area contributed by atoms with Gasteiger partial charge >= 0.3 is 6.18 Å². The fourth-order valence-electron chi connectivity index (χ4n) is 2.55. The zero-order valence-corrected chi connectivity index (χ0v) is 10.9. The van der Waals surface area contributed by atoms with Gasteiger partial charge in [-0.05, 0) is 56.0 Å². The third kappa shape index (κ3) is 2.53. The van der Waals surface area contributed by atoms with Crippen molar-refractivity contribution in [3.05, 3.63) is 34.4 Å². The van der Waals surface area contributed by atoms with Gasteiger partial charge in [-0.3, -0.25) is 4.90 Å². The molecular formula is C14H18F3N. The van der Waals surface area contributed by atoms with Crippen LogP contribution in [0.2, 0.25) is 0 Å². The molecule has 0 aromatic heterocycles. The molecule has 1 aliphatic rings. The van der Waals surface area contributed by atoms with Crippen LogP contribution in [-0.2, 0) is 19.1 Å². The Hall–Kier alpha value is -1.03. The predicted molar refractivity (Wildman–Crippen MR) is 65.4 cm³/mol. The van der Waals surface area contributed by atoms with Crippen molar-refractivity contribution in [1.82, 2.24) is 4.90 Å². The molecule has 1 heterocycles. The van der Waals surface area contributed by atoms with E-state index in [1.165, 1.54) is 12.1 Å². The summed E-state index contributed by atoms with van der Waals surface area (Å²) < 4.78 is 38.3. The summed E-state index contributed by atoms with van der Waals surface area (Å²) in [6, 6.07) is 2.95. The van der Waals surface area contributed by atoms with E-state index in [4.69, 9.17) is 0 Å². The van der Waals surface area contributed by atoms with E-state index in [0.29, 0.717) is 12.6 Å². The second-order valence-corrected chi connectivity index (χ2v) is 5.24. The van der Waals surface area contributed by atoms with Crippen molar-refractivity contribution in [3.63, 3.8) is 0 Å². The van der Waals surface area contributed by atoms with Gasteiger partial charge in [-0.2, -0.15) is 13.2 Å². The average molecular weight is 257 g/mol. The summed E-state index contributed by atoms with van der Waals surface area (Å²) >= 11 is 0. The van der Waals surface area contributed by atoms with Gasteiger partial charge in [0.25, 0.3) is 0 Å². The molecule has 1 nitrogen and oxygen atoms in total. The van der Waals surface area contributed by atoms with E-state index in [9.17, 15) is 13.2 Å². The third-order valence-corrected chi connectivity index (χ3v) is 3.65. The van der Waals surface area contributed by atoms with Gasteiger partial charge in [0.1, 0.15) is 0 Å². The van der Waals surface area contributed by atoms with Crippen LogP contribution in [0.4, 0.5) is 13.2 Å². The summed E-state index contributed by atoms with van der Waals surface area (Å²) in [7, 11) is 0. The van der Waals surface area contributed by atoms with Crippen LogP contribution in [0, 0.1) is 6.92 Å². The van der Waals surface area contributed by atoms with Crippen LogP contribution in [0.5, 0.6) is 0 Å². The van der Waals surface area contributed by atoms with Gasteiger partial charge in [0.2, 0.25) is 0 Å². The minimum Gasteiger partial charge on any atom is -0.296 e. The minimum absolute atomic E-state index is 0.369. The Labute approximate surface area is 106 Å². The maximum absolute atomic E-state index is 12.8. The van der Waals surface area contributed by atoms with Gasteiger partial charge in [0.05, 0.1) is 5.56 Å². The van der Waals surface area contributed by atoms with Gasteiger partial charge in [-0.25, -0.2) is 0 Å². The molecule has 1 aromatic carbocycles. The van der Waals surface area contributed by atoms with Gasteiger partial charge in [-0.1, -0.05) is 0 Å². The second-order valence-electron chi connectivity index (χ2n) is 5.24. The summed E-state index contributed by atoms with van der Waals surface area (Å²) in [6.45, 7) is 7.48. The van der Waals surface area contributed by atoms with Crippen LogP contribution in [0.3, 0.4) is 0 Å². The molecule has 0 amide bonds. The highest BCUT2D eigenvalue weighted by atomic mass is 19.4. The van der Waals surface area contributed by atoms with Gasteiger partial charge in [-0.15, -0.1) is 0 Å². The fraction of sp³-hybridized carbons (Fsp3) is 0.571. The van der Waals surface area contributed by atoms with Crippen LogP contribution in [-0.4, -0.2) is 17.5 Å². The maximum Gasteiger partial charge on any atom is 0.416 e. The monoisotopic (exact) mass is 257 g/mol. The lowest BCUT2D eigenvalue weighted by molar-refractivity contribution is -0.137. The Balaban J connectivity index is 2.40. The largest absolute Gasteiger partial charge is 0.416 e. The first-order chi connectivity index (χ1) is 8.29. The number of halogens is 3. The SMILES string of the molecule is Cc1cc(C(F)(F)F)cc2c1CCN(C(C)C)C2. The molecule has 0 fully saturated rings. The number of benzene rings is 1. The van der Waals surface area contributed by atoms with Crippen molar-refractivity contribution in [2.24, 2.45) is 0 Å². The Morgan fingerprint density at radius 2 is 1.89 bits per heavy atom. The van der Waals surface area contributed by atoms with E-state index in [1.54, 1.807) is 6.92 Å². The first kappa shape index (κ1) is 13.4. The van der Waals surface area contributed by atoms with Crippen LogP contribution in [0.15, 0.2) is 12.1 Å². The normalized spacial score (nSPS) is 17.1. The number of aryl methyl sites for hydroxylation is 1. The Morgan fingerprint density at radius 3 is 2.44 bits per heavy atom. The Bertz CT molecular complexity index is 449. The lowest BCUT2D eigenvalue weighted by atomic mass is 9.92. The smallest absolute Gasteiger partial charge is 0.296 e. The van der Waals surface area contributed by atoms with Crippen LogP contribution in [0.1, 0.15) is 36.1 Å². The van der Waals surface area contributed by atoms with Crippen LogP contribution < -0.4 is 0 Å². The second kappa shape index (κ2) is 4.57. The average Bonchev–Trinajstić information content (AvgIpc) is 2.26. The molecule has 1 aromatic rings. The number of rotatable bonds is 1. The topological polar surface area (TPSA) is 3.24 Å². The van der Waals surface area contributed by atoms with Crippen molar-refractivity contribution in [1.29, 1.82) is 0 Å². The molecule has 0 spiro atoms. The molecule has 1 aliphatic heterocycles. The van der Waals surface area contributed by atoms with Crippen molar-refractivity contribution in [3.8, 4) is 0 Å². The van der Waals surface area contributed by atoms with E-state index in [1.807, 2.05) is 0 Å². The fourth-order valence-corrected chi connectivity index (χ4v) is 2.55. The van der Waals surface area contributed by atoms with E-state index in [-0.39, 0.29) is 0 Å². The Morgan fingerprint density at radius 1 is 1.22 bits per heavy atom. The minimum atomic E-state index is -4.25. The molecule has 100 valence electrons. The number of nitrogens with zero attached hydrogens (tertiary/aromatic N) is 1. The predicted octanol–water partition coefficient (Wildman–Crippen LogP) is 3.78. The molecule has 0 aliphatic carbocycles. The molecule has 0 saturated carbocycles. The zero-order valence-electron chi connectivity index (χ0n) is 10.9. The number of alkyl halides is 3. The summed E-state index contributed by atoms with van der Waals surface area (Å²) in [4.78, 5) is 2.21. The molecule has 2 rings (SSSR count). The molecule has 18 heavy (non-hydrogen) atoms. The molecule has 0 saturated heterocycles. The van der Waals surface area contributed by atoms with Crippen molar-refractivity contribution in [2.45, 2.75) is 46.0 Å². The Kier molecular flexibility index (Phi) is 3.41. The van der Waals surface area contributed by atoms with E-state index in [0.717, 1.165) is 29.7 Å². The maximum atomic E-state index is 12.8. The first-order valence-corrected chi connectivity index (χ1v) is 6.22. The van der Waals surface area contributed by atoms with Gasteiger partial charge < -0.3 is 0 Å². The molecular weight excluding hydrogens is 239 g/mol. The van der Waals surface area contributed by atoms with E-state index < -0.39 is 11.7 Å². The molecule has 0 bridgehead atoms. The highest BCUT2D eigenvalue weighted by Crippen LogP contribution is 2.34.